The predicted octanol–water partition coefficient (Wildman–Crippen LogP) is 2.62. The second-order valence-electron chi connectivity index (χ2n) is 6.40. The third-order valence-corrected chi connectivity index (χ3v) is 4.76. The van der Waals surface area contributed by atoms with E-state index in [1.807, 2.05) is 6.92 Å². The SMILES string of the molecule is COCCC[C@H]1CCCN(C(=O)CCc2n[nH]c(C)c2C)C1. The zero-order valence-corrected chi connectivity index (χ0v) is 14.2. The minimum atomic E-state index is 0.275. The van der Waals surface area contributed by atoms with E-state index >= 15 is 0 Å². The number of nitrogens with zero attached hydrogens (tertiary/aromatic N) is 2. The molecule has 2 rings (SSSR count). The van der Waals surface area contributed by atoms with E-state index in [1.165, 1.54) is 12.0 Å². The van der Waals surface area contributed by atoms with Gasteiger partial charge < -0.3 is 9.64 Å². The van der Waals surface area contributed by atoms with Gasteiger partial charge in [-0.05, 0) is 51.0 Å². The maximum absolute atomic E-state index is 12.4. The van der Waals surface area contributed by atoms with Gasteiger partial charge in [-0.3, -0.25) is 9.89 Å². The fraction of sp³-hybridized carbons (Fsp3) is 0.765. The molecule has 0 radical (unpaired) electrons. The molecule has 1 saturated heterocycles. The Balaban J connectivity index is 1.78. The minimum absolute atomic E-state index is 0.275. The lowest BCUT2D eigenvalue weighted by Crippen LogP contribution is -2.40. The molecule has 1 atom stereocenters. The van der Waals surface area contributed by atoms with E-state index < -0.39 is 0 Å². The molecule has 2 heterocycles. The van der Waals surface area contributed by atoms with Crippen LogP contribution in [0.5, 0.6) is 0 Å². The second kappa shape index (κ2) is 8.32. The number of carbonyl (C=O) groups is 1. The van der Waals surface area contributed by atoms with Crippen LogP contribution in [0.4, 0.5) is 0 Å². The lowest BCUT2D eigenvalue weighted by Gasteiger charge is -2.33. The molecule has 1 aliphatic rings. The molecular formula is C17H29N3O2. The number of aromatic nitrogens is 2. The van der Waals surface area contributed by atoms with Crippen LogP contribution in [-0.2, 0) is 16.0 Å². The maximum Gasteiger partial charge on any atom is 0.222 e. The van der Waals surface area contributed by atoms with Crippen LogP contribution in [0.1, 0.15) is 49.1 Å². The van der Waals surface area contributed by atoms with Crippen molar-refractivity contribution in [2.24, 2.45) is 5.92 Å². The van der Waals surface area contributed by atoms with Crippen molar-refractivity contribution < 1.29 is 9.53 Å². The summed E-state index contributed by atoms with van der Waals surface area (Å²) in [6, 6.07) is 0. The first-order valence-electron chi connectivity index (χ1n) is 8.39. The molecule has 1 amide bonds. The summed E-state index contributed by atoms with van der Waals surface area (Å²) in [7, 11) is 1.75. The molecule has 0 spiro atoms. The Morgan fingerprint density at radius 1 is 1.45 bits per heavy atom. The number of hydrogen-bond donors (Lipinski definition) is 1. The standard InChI is InChI=1S/C17H29N3O2/c1-13-14(2)18-19-16(13)8-9-17(21)20-10-4-6-15(12-20)7-5-11-22-3/h15H,4-12H2,1-3H3,(H,18,19)/t15-/m1/s1. The van der Waals surface area contributed by atoms with Crippen LogP contribution >= 0.6 is 0 Å². The summed E-state index contributed by atoms with van der Waals surface area (Å²) in [5, 5.41) is 7.28. The van der Waals surface area contributed by atoms with Crippen LogP contribution in [0.2, 0.25) is 0 Å². The maximum atomic E-state index is 12.4. The molecule has 1 aliphatic heterocycles. The smallest absolute Gasteiger partial charge is 0.222 e. The van der Waals surface area contributed by atoms with Crippen molar-refractivity contribution in [3.63, 3.8) is 0 Å². The van der Waals surface area contributed by atoms with E-state index in [2.05, 4.69) is 22.0 Å². The Hall–Kier alpha value is -1.36. The molecule has 0 bridgehead atoms. The van der Waals surface area contributed by atoms with Gasteiger partial charge in [-0.25, -0.2) is 0 Å². The van der Waals surface area contributed by atoms with E-state index in [9.17, 15) is 4.79 Å². The van der Waals surface area contributed by atoms with Crippen molar-refractivity contribution in [1.82, 2.24) is 15.1 Å². The topological polar surface area (TPSA) is 58.2 Å². The first kappa shape index (κ1) is 17.0. The Bertz CT molecular complexity index is 484. The molecule has 22 heavy (non-hydrogen) atoms. The number of nitrogens with one attached hydrogen (secondary N) is 1. The number of carbonyl (C=O) groups excluding carboxylic acids is 1. The second-order valence-corrected chi connectivity index (χ2v) is 6.40. The van der Waals surface area contributed by atoms with Gasteiger partial charge in [0.25, 0.3) is 0 Å². The number of aryl methyl sites for hydroxylation is 2. The lowest BCUT2D eigenvalue weighted by atomic mass is 9.93. The van der Waals surface area contributed by atoms with Gasteiger partial charge >= 0.3 is 0 Å². The van der Waals surface area contributed by atoms with Crippen molar-refractivity contribution >= 4 is 5.91 Å². The van der Waals surface area contributed by atoms with Crippen LogP contribution in [0.25, 0.3) is 0 Å². The molecule has 1 aromatic rings. The van der Waals surface area contributed by atoms with E-state index in [4.69, 9.17) is 4.74 Å². The van der Waals surface area contributed by atoms with E-state index in [0.29, 0.717) is 12.3 Å². The van der Waals surface area contributed by atoms with Crippen LogP contribution in [0.3, 0.4) is 0 Å². The fourth-order valence-electron chi connectivity index (χ4n) is 3.21. The summed E-state index contributed by atoms with van der Waals surface area (Å²) in [5.74, 6) is 0.915. The molecule has 0 aliphatic carbocycles. The highest BCUT2D eigenvalue weighted by Crippen LogP contribution is 2.22. The van der Waals surface area contributed by atoms with Gasteiger partial charge in [0.05, 0.1) is 5.69 Å². The molecule has 0 saturated carbocycles. The number of hydrogen-bond acceptors (Lipinski definition) is 3. The monoisotopic (exact) mass is 307 g/mol. The minimum Gasteiger partial charge on any atom is -0.385 e. The summed E-state index contributed by atoms with van der Waals surface area (Å²) in [4.78, 5) is 14.5. The molecule has 1 N–H and O–H groups in total. The van der Waals surface area contributed by atoms with Gasteiger partial charge in [-0.15, -0.1) is 0 Å². The van der Waals surface area contributed by atoms with Gasteiger partial charge in [0.2, 0.25) is 5.91 Å². The number of amides is 1. The lowest BCUT2D eigenvalue weighted by molar-refractivity contribution is -0.133. The fourth-order valence-corrected chi connectivity index (χ4v) is 3.21. The van der Waals surface area contributed by atoms with Crippen LogP contribution < -0.4 is 0 Å². The largest absolute Gasteiger partial charge is 0.385 e. The van der Waals surface area contributed by atoms with E-state index in [0.717, 1.165) is 56.8 Å². The highest BCUT2D eigenvalue weighted by atomic mass is 16.5. The van der Waals surface area contributed by atoms with Crippen molar-refractivity contribution in [1.29, 1.82) is 0 Å². The summed E-state index contributed by atoms with van der Waals surface area (Å²) in [5.41, 5.74) is 3.31. The summed E-state index contributed by atoms with van der Waals surface area (Å²) >= 11 is 0. The number of piperidine rings is 1. The van der Waals surface area contributed by atoms with Crippen LogP contribution in [0.15, 0.2) is 0 Å². The van der Waals surface area contributed by atoms with Crippen molar-refractivity contribution in [2.75, 3.05) is 26.8 Å². The van der Waals surface area contributed by atoms with Crippen LogP contribution in [-0.4, -0.2) is 47.8 Å². The van der Waals surface area contributed by atoms with Crippen LogP contribution in [0, 0.1) is 19.8 Å². The van der Waals surface area contributed by atoms with Crippen molar-refractivity contribution in [3.8, 4) is 0 Å². The Kier molecular flexibility index (Phi) is 6.43. The van der Waals surface area contributed by atoms with Gasteiger partial charge in [-0.2, -0.15) is 5.10 Å². The summed E-state index contributed by atoms with van der Waals surface area (Å²) in [6.07, 6.45) is 5.93. The van der Waals surface area contributed by atoms with Gasteiger partial charge in [0.15, 0.2) is 0 Å². The zero-order valence-electron chi connectivity index (χ0n) is 14.2. The number of likely N-dealkylation sites (tertiary alicyclic amines) is 1. The molecule has 0 unspecified atom stereocenters. The molecular weight excluding hydrogens is 278 g/mol. The summed E-state index contributed by atoms with van der Waals surface area (Å²) < 4.78 is 5.12. The number of methoxy groups -OCH3 is 1. The average Bonchev–Trinajstić information content (AvgIpc) is 2.85. The molecule has 124 valence electrons. The quantitative estimate of drug-likeness (QED) is 0.788. The average molecular weight is 307 g/mol. The third-order valence-electron chi connectivity index (χ3n) is 4.76. The number of H-pyrrole nitrogens is 1. The molecule has 0 aromatic carbocycles. The molecule has 1 aromatic heterocycles. The number of aromatic amines is 1. The van der Waals surface area contributed by atoms with Gasteiger partial charge in [0.1, 0.15) is 0 Å². The highest BCUT2D eigenvalue weighted by Gasteiger charge is 2.23. The molecule has 5 heteroatoms. The van der Waals surface area contributed by atoms with Crippen molar-refractivity contribution in [2.45, 2.75) is 52.4 Å². The Morgan fingerprint density at radius 3 is 2.95 bits per heavy atom. The number of ether oxygens (including phenoxy) is 1. The summed E-state index contributed by atoms with van der Waals surface area (Å²) in [6.45, 7) is 6.73. The molecule has 1 fully saturated rings. The Morgan fingerprint density at radius 2 is 2.27 bits per heavy atom. The van der Waals surface area contributed by atoms with Gasteiger partial charge in [-0.1, -0.05) is 0 Å². The normalized spacial score (nSPS) is 18.7. The van der Waals surface area contributed by atoms with E-state index in [1.54, 1.807) is 7.11 Å². The van der Waals surface area contributed by atoms with Crippen molar-refractivity contribution in [3.05, 3.63) is 17.0 Å². The number of rotatable bonds is 7. The third kappa shape index (κ3) is 4.57. The Labute approximate surface area is 133 Å². The highest BCUT2D eigenvalue weighted by molar-refractivity contribution is 5.76. The van der Waals surface area contributed by atoms with E-state index in [-0.39, 0.29) is 5.91 Å². The van der Waals surface area contributed by atoms with Gasteiger partial charge in [0, 0.05) is 45.3 Å². The predicted molar refractivity (Wildman–Crippen MR) is 86.8 cm³/mol. The first-order valence-corrected chi connectivity index (χ1v) is 8.39. The first-order chi connectivity index (χ1) is 10.6. The molecule has 5 nitrogen and oxygen atoms in total. The zero-order chi connectivity index (χ0) is 15.9.